The highest BCUT2D eigenvalue weighted by Gasteiger charge is 2.28. The minimum atomic E-state index is -4.80. The predicted molar refractivity (Wildman–Crippen MR) is 153 cm³/mol. The minimum absolute atomic E-state index is 0.0172. The zero-order valence-electron chi connectivity index (χ0n) is 22.1. The molecular weight excluding hydrogens is 559 g/mol. The molecule has 2 N–H and O–H groups in total. The summed E-state index contributed by atoms with van der Waals surface area (Å²) < 4.78 is 73.0. The highest BCUT2D eigenvalue weighted by molar-refractivity contribution is 7.92. The van der Waals surface area contributed by atoms with E-state index in [9.17, 15) is 17.2 Å². The van der Waals surface area contributed by atoms with E-state index < -0.39 is 38.1 Å². The van der Waals surface area contributed by atoms with Crippen molar-refractivity contribution in [1.82, 2.24) is 10.3 Å². The molecule has 12 heteroatoms. The lowest BCUT2D eigenvalue weighted by molar-refractivity contribution is 0.516. The maximum absolute atomic E-state index is 16.0. The van der Waals surface area contributed by atoms with Gasteiger partial charge >= 0.3 is 0 Å². The number of hydrogen-bond donors (Lipinski definition) is 2. The normalized spacial score (nSPS) is 19.1. The van der Waals surface area contributed by atoms with Crippen LogP contribution in [-0.4, -0.2) is 39.3 Å². The van der Waals surface area contributed by atoms with Crippen molar-refractivity contribution in [3.05, 3.63) is 82.3 Å². The lowest BCUT2D eigenvalue weighted by Gasteiger charge is -2.14. The van der Waals surface area contributed by atoms with Gasteiger partial charge in [-0.1, -0.05) is 29.5 Å². The smallest absolute Gasteiger partial charge is 0.267 e. The number of benzene rings is 2. The maximum Gasteiger partial charge on any atom is 0.267 e. The number of halogens is 3. The van der Waals surface area contributed by atoms with Crippen LogP contribution in [0.5, 0.6) is 0 Å². The summed E-state index contributed by atoms with van der Waals surface area (Å²) in [6.07, 6.45) is 9.72. The van der Waals surface area contributed by atoms with Gasteiger partial charge in [-0.25, -0.2) is 31.6 Å². The van der Waals surface area contributed by atoms with Gasteiger partial charge in [-0.15, -0.1) is 0 Å². The Hall–Kier alpha value is -3.64. The molecule has 7 nitrogen and oxygen atoms in total. The van der Waals surface area contributed by atoms with Gasteiger partial charge in [0, 0.05) is 25.7 Å². The Morgan fingerprint density at radius 2 is 1.82 bits per heavy atom. The highest BCUT2D eigenvalue weighted by atomic mass is 32.2. The lowest BCUT2D eigenvalue weighted by atomic mass is 10.1. The van der Waals surface area contributed by atoms with Crippen LogP contribution >= 0.6 is 11.3 Å². The van der Waals surface area contributed by atoms with Crippen molar-refractivity contribution in [2.75, 3.05) is 23.7 Å². The van der Waals surface area contributed by atoms with E-state index in [0.717, 1.165) is 43.6 Å². The van der Waals surface area contributed by atoms with Crippen molar-refractivity contribution in [3.63, 3.8) is 0 Å². The average Bonchev–Trinajstić information content (AvgIpc) is 3.59. The molecule has 0 atom stereocenters. The number of aliphatic imine (C=N–C) groups is 1. The molecule has 3 aromatic rings. The number of aryl methyl sites for hydroxylation is 1. The third-order valence-corrected chi connectivity index (χ3v) is 9.00. The Morgan fingerprint density at radius 3 is 2.55 bits per heavy atom. The zero-order valence-corrected chi connectivity index (χ0v) is 23.8. The average molecular weight is 588 g/mol. The maximum atomic E-state index is 16.0. The number of allylic oxidation sites excluding steroid dienone is 3. The Kier molecular flexibility index (Phi) is 7.74. The summed E-state index contributed by atoms with van der Waals surface area (Å²) in [5, 5.41) is 4.02. The molecule has 210 valence electrons. The Balaban J connectivity index is 1.59. The molecule has 0 unspecified atom stereocenters. The molecular formula is C28H28F3N5O2S2. The van der Waals surface area contributed by atoms with Crippen LogP contribution in [0.2, 0.25) is 0 Å². The molecule has 0 saturated heterocycles. The number of hydrogen-bond acceptors (Lipinski definition) is 7. The summed E-state index contributed by atoms with van der Waals surface area (Å²) in [5.41, 5.74) is 0.360. The number of nitrogens with one attached hydrogen (secondary N) is 2. The lowest BCUT2D eigenvalue weighted by Crippen LogP contribution is -2.18. The van der Waals surface area contributed by atoms with Crippen LogP contribution < -0.4 is 14.9 Å². The quantitative estimate of drug-likeness (QED) is 0.331. The van der Waals surface area contributed by atoms with Crippen molar-refractivity contribution >= 4 is 37.9 Å². The summed E-state index contributed by atoms with van der Waals surface area (Å²) >= 11 is 1.32. The first-order chi connectivity index (χ1) is 19.0. The fourth-order valence-corrected chi connectivity index (χ4v) is 6.34. The minimum Gasteiger partial charge on any atom is -0.368 e. The van der Waals surface area contributed by atoms with Crippen molar-refractivity contribution in [2.45, 2.75) is 43.5 Å². The summed E-state index contributed by atoms with van der Waals surface area (Å²) in [6, 6.07) is 6.49. The van der Waals surface area contributed by atoms with E-state index in [1.54, 1.807) is 4.90 Å². The summed E-state index contributed by atoms with van der Waals surface area (Å²) in [6.45, 7) is 1.31. The molecule has 0 bridgehead atoms. The number of rotatable bonds is 8. The standard InChI is InChI=1S/C28H28F3N5O2S2/c1-16-12-15-19(29)27(23(16)30)40(37,38)35-20-10-7-8-18(24(20)31)25-26(39-28(34-25)36(2)3)21-9-5-4-6-11-22(33-21)32-17-13-14-17/h5,7-12,15,17,32,35H,4,6,13-14H2,1-3H3/b9-5-,22-11-,33-21+. The fraction of sp³-hybridized carbons (Fsp3) is 0.286. The Labute approximate surface area is 235 Å². The highest BCUT2D eigenvalue weighted by Crippen LogP contribution is 2.37. The van der Waals surface area contributed by atoms with Crippen LogP contribution in [0.1, 0.15) is 36.1 Å². The summed E-state index contributed by atoms with van der Waals surface area (Å²) in [7, 11) is -1.17. The van der Waals surface area contributed by atoms with Crippen LogP contribution in [0.4, 0.5) is 24.0 Å². The first kappa shape index (κ1) is 27.9. The third-order valence-electron chi connectivity index (χ3n) is 6.36. The number of aromatic nitrogens is 1. The van der Waals surface area contributed by atoms with Gasteiger partial charge in [-0.2, -0.15) is 0 Å². The molecule has 2 aromatic carbocycles. The van der Waals surface area contributed by atoms with Gasteiger partial charge in [0.05, 0.1) is 22.0 Å². The van der Waals surface area contributed by atoms with Gasteiger partial charge in [0.1, 0.15) is 17.5 Å². The fourth-order valence-electron chi connectivity index (χ4n) is 4.10. The van der Waals surface area contributed by atoms with E-state index in [1.165, 1.54) is 36.5 Å². The van der Waals surface area contributed by atoms with E-state index in [-0.39, 0.29) is 16.8 Å². The molecule has 2 heterocycles. The number of anilines is 2. The van der Waals surface area contributed by atoms with Crippen LogP contribution in [0.25, 0.3) is 11.3 Å². The van der Waals surface area contributed by atoms with E-state index in [1.807, 2.05) is 37.0 Å². The SMILES string of the molecule is Cc1ccc(F)c(S(=O)(=O)Nc2cccc(-c3nc(N(C)C)sc3C3=N/C(NC4CC4)=C\CC/C=C\3)c2F)c1F. The van der Waals surface area contributed by atoms with Crippen LogP contribution in [0, 0.1) is 24.4 Å². The van der Waals surface area contributed by atoms with Crippen LogP contribution in [0.3, 0.4) is 0 Å². The van der Waals surface area contributed by atoms with Gasteiger partial charge in [0.15, 0.2) is 15.8 Å². The molecule has 1 aliphatic heterocycles. The van der Waals surface area contributed by atoms with Crippen LogP contribution in [0.15, 0.2) is 64.3 Å². The topological polar surface area (TPSA) is 86.7 Å². The predicted octanol–water partition coefficient (Wildman–Crippen LogP) is 6.14. The monoisotopic (exact) mass is 587 g/mol. The largest absolute Gasteiger partial charge is 0.368 e. The van der Waals surface area contributed by atoms with Crippen molar-refractivity contribution in [1.29, 1.82) is 0 Å². The van der Waals surface area contributed by atoms with Gasteiger partial charge in [0.25, 0.3) is 10.0 Å². The molecule has 40 heavy (non-hydrogen) atoms. The first-order valence-electron chi connectivity index (χ1n) is 12.7. The van der Waals surface area contributed by atoms with Gasteiger partial charge in [-0.3, -0.25) is 4.72 Å². The molecule has 1 fully saturated rings. The molecule has 1 saturated carbocycles. The third kappa shape index (κ3) is 5.78. The molecule has 0 amide bonds. The zero-order chi connectivity index (χ0) is 28.6. The molecule has 2 aliphatic rings. The number of thiazole rings is 1. The molecule has 1 aromatic heterocycles. The molecule has 1 aliphatic carbocycles. The van der Waals surface area contributed by atoms with Crippen molar-refractivity contribution < 1.29 is 21.6 Å². The summed E-state index contributed by atoms with van der Waals surface area (Å²) in [5.74, 6) is -2.70. The number of sulfonamides is 1. The molecule has 5 rings (SSSR count). The number of nitrogens with zero attached hydrogens (tertiary/aromatic N) is 3. The first-order valence-corrected chi connectivity index (χ1v) is 15.0. The molecule has 0 radical (unpaired) electrons. The Bertz CT molecular complexity index is 1660. The summed E-state index contributed by atoms with van der Waals surface area (Å²) in [4.78, 5) is 10.7. The van der Waals surface area contributed by atoms with Gasteiger partial charge in [-0.05, 0) is 68.5 Å². The Morgan fingerprint density at radius 1 is 1.05 bits per heavy atom. The van der Waals surface area contributed by atoms with E-state index in [2.05, 4.69) is 10.3 Å². The molecule has 0 spiro atoms. The second kappa shape index (κ2) is 11.1. The van der Waals surface area contributed by atoms with E-state index in [0.29, 0.717) is 21.8 Å². The second-order valence-corrected chi connectivity index (χ2v) is 12.4. The van der Waals surface area contributed by atoms with Crippen molar-refractivity contribution in [3.8, 4) is 11.3 Å². The second-order valence-electron chi connectivity index (χ2n) is 9.83. The van der Waals surface area contributed by atoms with E-state index in [4.69, 9.17) is 4.99 Å². The van der Waals surface area contributed by atoms with Gasteiger partial charge < -0.3 is 10.2 Å². The van der Waals surface area contributed by atoms with Crippen molar-refractivity contribution in [2.24, 2.45) is 4.99 Å². The van der Waals surface area contributed by atoms with Gasteiger partial charge in [0.2, 0.25) is 0 Å². The van der Waals surface area contributed by atoms with Crippen LogP contribution in [-0.2, 0) is 10.0 Å². The van der Waals surface area contributed by atoms with E-state index >= 15 is 4.39 Å².